The molecule has 1 aliphatic carbocycles. The number of carbonyl (C=O) groups is 1. The van der Waals surface area contributed by atoms with E-state index in [-0.39, 0.29) is 6.03 Å². The van der Waals surface area contributed by atoms with Crippen LogP contribution < -0.4 is 5.32 Å². The molecule has 0 radical (unpaired) electrons. The third kappa shape index (κ3) is 4.51. The van der Waals surface area contributed by atoms with Gasteiger partial charge in [-0.1, -0.05) is 12.8 Å². The van der Waals surface area contributed by atoms with Crippen LogP contribution in [0.2, 0.25) is 0 Å². The lowest BCUT2D eigenvalue weighted by Gasteiger charge is -2.22. The monoisotopic (exact) mass is 275 g/mol. The molecule has 4 heteroatoms. The van der Waals surface area contributed by atoms with E-state index in [4.69, 9.17) is 0 Å². The molecule has 4 nitrogen and oxygen atoms in total. The Kier molecular flexibility index (Phi) is 5.84. The first-order valence-electron chi connectivity index (χ1n) is 7.71. The highest BCUT2D eigenvalue weighted by Crippen LogP contribution is 2.23. The van der Waals surface area contributed by atoms with E-state index in [1.54, 1.807) is 12.4 Å². The Morgan fingerprint density at radius 3 is 2.70 bits per heavy atom. The third-order valence-corrected chi connectivity index (χ3v) is 4.11. The summed E-state index contributed by atoms with van der Waals surface area (Å²) in [6, 6.07) is 4.09. The molecule has 2 rings (SSSR count). The van der Waals surface area contributed by atoms with Crippen molar-refractivity contribution in [2.45, 2.75) is 39.0 Å². The molecule has 0 bridgehead atoms. The van der Waals surface area contributed by atoms with Crippen LogP contribution in [-0.2, 0) is 6.42 Å². The van der Waals surface area contributed by atoms with Gasteiger partial charge >= 0.3 is 6.03 Å². The molecule has 0 saturated heterocycles. The van der Waals surface area contributed by atoms with Crippen molar-refractivity contribution in [1.82, 2.24) is 15.2 Å². The number of hydrogen-bond acceptors (Lipinski definition) is 2. The topological polar surface area (TPSA) is 45.2 Å². The quantitative estimate of drug-likeness (QED) is 0.867. The van der Waals surface area contributed by atoms with Gasteiger partial charge in [-0.25, -0.2) is 4.79 Å². The predicted octanol–water partition coefficient (Wildman–Crippen LogP) is 2.85. The molecule has 1 aromatic rings. The molecule has 20 heavy (non-hydrogen) atoms. The smallest absolute Gasteiger partial charge is 0.317 e. The molecule has 1 N–H and O–H groups in total. The van der Waals surface area contributed by atoms with E-state index in [0.717, 1.165) is 26.1 Å². The number of nitrogens with zero attached hydrogens (tertiary/aromatic N) is 2. The second-order valence-corrected chi connectivity index (χ2v) is 5.52. The van der Waals surface area contributed by atoms with Crippen molar-refractivity contribution in [2.24, 2.45) is 5.92 Å². The number of rotatable bonds is 6. The van der Waals surface area contributed by atoms with Gasteiger partial charge in [-0.2, -0.15) is 0 Å². The van der Waals surface area contributed by atoms with Gasteiger partial charge in [0.2, 0.25) is 0 Å². The fourth-order valence-corrected chi connectivity index (χ4v) is 2.77. The minimum absolute atomic E-state index is 0.0773. The first-order chi connectivity index (χ1) is 9.79. The van der Waals surface area contributed by atoms with Gasteiger partial charge in [-0.3, -0.25) is 4.98 Å². The van der Waals surface area contributed by atoms with Gasteiger partial charge in [0, 0.05) is 32.0 Å². The van der Waals surface area contributed by atoms with Crippen molar-refractivity contribution >= 4 is 6.03 Å². The van der Waals surface area contributed by atoms with E-state index < -0.39 is 0 Å². The van der Waals surface area contributed by atoms with E-state index in [9.17, 15) is 4.79 Å². The summed E-state index contributed by atoms with van der Waals surface area (Å²) in [5, 5.41) is 3.09. The Balaban J connectivity index is 1.73. The van der Waals surface area contributed by atoms with Crippen molar-refractivity contribution in [3.63, 3.8) is 0 Å². The van der Waals surface area contributed by atoms with E-state index in [1.165, 1.54) is 31.2 Å². The van der Waals surface area contributed by atoms with Crippen LogP contribution in [0.3, 0.4) is 0 Å². The van der Waals surface area contributed by atoms with E-state index in [0.29, 0.717) is 5.92 Å². The van der Waals surface area contributed by atoms with Gasteiger partial charge < -0.3 is 10.2 Å². The van der Waals surface area contributed by atoms with Crippen LogP contribution in [-0.4, -0.2) is 35.5 Å². The number of urea groups is 1. The van der Waals surface area contributed by atoms with Crippen LogP contribution in [0.5, 0.6) is 0 Å². The zero-order chi connectivity index (χ0) is 14.2. The Bertz CT molecular complexity index is 401. The highest BCUT2D eigenvalue weighted by atomic mass is 16.2. The summed E-state index contributed by atoms with van der Waals surface area (Å²) in [5.41, 5.74) is 1.22. The van der Waals surface area contributed by atoms with Crippen molar-refractivity contribution in [1.29, 1.82) is 0 Å². The number of nitrogens with one attached hydrogen (secondary N) is 1. The summed E-state index contributed by atoms with van der Waals surface area (Å²) in [4.78, 5) is 18.0. The summed E-state index contributed by atoms with van der Waals surface area (Å²) in [5.74, 6) is 0.692. The molecule has 2 amide bonds. The predicted molar refractivity (Wildman–Crippen MR) is 80.5 cm³/mol. The first kappa shape index (κ1) is 14.8. The van der Waals surface area contributed by atoms with Crippen LogP contribution in [0, 0.1) is 5.92 Å². The second-order valence-electron chi connectivity index (χ2n) is 5.52. The molecular formula is C16H25N3O. The van der Waals surface area contributed by atoms with E-state index in [2.05, 4.69) is 10.3 Å². The summed E-state index contributed by atoms with van der Waals surface area (Å²) < 4.78 is 0. The Hall–Kier alpha value is -1.58. The normalized spacial score (nSPS) is 15.2. The van der Waals surface area contributed by atoms with Gasteiger partial charge in [0.05, 0.1) is 0 Å². The molecule has 1 saturated carbocycles. The number of pyridine rings is 1. The molecule has 0 aliphatic heterocycles. The molecule has 0 spiro atoms. The summed E-state index contributed by atoms with van der Waals surface area (Å²) in [6.45, 7) is 4.38. The molecule has 0 atom stereocenters. The SMILES string of the molecule is CCN(CCc1ccncc1)C(=O)NCC1CCCC1. The highest BCUT2D eigenvalue weighted by Gasteiger charge is 2.17. The van der Waals surface area contributed by atoms with Crippen LogP contribution >= 0.6 is 0 Å². The third-order valence-electron chi connectivity index (χ3n) is 4.11. The maximum absolute atomic E-state index is 12.2. The fraction of sp³-hybridized carbons (Fsp3) is 0.625. The number of likely N-dealkylation sites (N-methyl/N-ethyl adjacent to an activating group) is 1. The lowest BCUT2D eigenvalue weighted by atomic mass is 10.1. The van der Waals surface area contributed by atoms with Crippen molar-refractivity contribution in [3.8, 4) is 0 Å². The summed E-state index contributed by atoms with van der Waals surface area (Å²) >= 11 is 0. The molecular weight excluding hydrogens is 250 g/mol. The number of hydrogen-bond donors (Lipinski definition) is 1. The van der Waals surface area contributed by atoms with E-state index >= 15 is 0 Å². The minimum Gasteiger partial charge on any atom is -0.338 e. The molecule has 0 aromatic carbocycles. The Labute approximate surface area is 121 Å². The summed E-state index contributed by atoms with van der Waals surface area (Å²) in [7, 11) is 0. The second kappa shape index (κ2) is 7.88. The standard InChI is InChI=1S/C16H25N3O/c1-2-19(12-9-14-7-10-17-11-8-14)16(20)18-13-15-5-3-4-6-15/h7-8,10-11,15H,2-6,9,12-13H2,1H3,(H,18,20). The minimum atomic E-state index is 0.0773. The number of aromatic nitrogens is 1. The molecule has 1 aliphatic rings. The molecule has 1 aromatic heterocycles. The maximum Gasteiger partial charge on any atom is 0.317 e. The van der Waals surface area contributed by atoms with Gasteiger partial charge in [-0.05, 0) is 49.8 Å². The molecule has 1 heterocycles. The average molecular weight is 275 g/mol. The Morgan fingerprint density at radius 1 is 1.35 bits per heavy atom. The number of amides is 2. The van der Waals surface area contributed by atoms with Crippen molar-refractivity contribution in [3.05, 3.63) is 30.1 Å². The molecule has 110 valence electrons. The van der Waals surface area contributed by atoms with Gasteiger partial charge in [-0.15, -0.1) is 0 Å². The zero-order valence-electron chi connectivity index (χ0n) is 12.3. The van der Waals surface area contributed by atoms with Gasteiger partial charge in [0.15, 0.2) is 0 Å². The van der Waals surface area contributed by atoms with Crippen LogP contribution in [0.1, 0.15) is 38.2 Å². The largest absolute Gasteiger partial charge is 0.338 e. The van der Waals surface area contributed by atoms with Gasteiger partial charge in [0.1, 0.15) is 0 Å². The van der Waals surface area contributed by atoms with Crippen LogP contribution in [0.15, 0.2) is 24.5 Å². The van der Waals surface area contributed by atoms with Crippen molar-refractivity contribution < 1.29 is 4.79 Å². The maximum atomic E-state index is 12.2. The summed E-state index contributed by atoms with van der Waals surface area (Å²) in [6.07, 6.45) is 9.65. The lowest BCUT2D eigenvalue weighted by molar-refractivity contribution is 0.199. The molecule has 1 fully saturated rings. The average Bonchev–Trinajstić information content (AvgIpc) is 3.00. The van der Waals surface area contributed by atoms with Crippen molar-refractivity contribution in [2.75, 3.05) is 19.6 Å². The van der Waals surface area contributed by atoms with Crippen LogP contribution in [0.25, 0.3) is 0 Å². The lowest BCUT2D eigenvalue weighted by Crippen LogP contribution is -2.42. The van der Waals surface area contributed by atoms with E-state index in [1.807, 2.05) is 24.0 Å². The zero-order valence-corrected chi connectivity index (χ0v) is 12.3. The fourth-order valence-electron chi connectivity index (χ4n) is 2.77. The van der Waals surface area contributed by atoms with Gasteiger partial charge in [0.25, 0.3) is 0 Å². The highest BCUT2D eigenvalue weighted by molar-refractivity contribution is 5.74. The first-order valence-corrected chi connectivity index (χ1v) is 7.71. The molecule has 0 unspecified atom stereocenters. The number of carbonyl (C=O) groups excluding carboxylic acids is 1. The Morgan fingerprint density at radius 2 is 2.05 bits per heavy atom. The van der Waals surface area contributed by atoms with Crippen LogP contribution in [0.4, 0.5) is 4.79 Å².